The number of amides is 1. The van der Waals surface area contributed by atoms with Gasteiger partial charge in [-0.25, -0.2) is 0 Å². The van der Waals surface area contributed by atoms with Crippen molar-refractivity contribution in [3.8, 4) is 11.5 Å². The second-order valence-corrected chi connectivity index (χ2v) is 6.50. The molecule has 2 rings (SSSR count). The van der Waals surface area contributed by atoms with Gasteiger partial charge in [-0.05, 0) is 42.5 Å². The number of likely N-dealkylation sites (tertiary alicyclic amines) is 1. The predicted octanol–water partition coefficient (Wildman–Crippen LogP) is 2.73. The van der Waals surface area contributed by atoms with Gasteiger partial charge < -0.3 is 19.5 Å². The van der Waals surface area contributed by atoms with Crippen molar-refractivity contribution in [2.45, 2.75) is 32.8 Å². The molecule has 1 amide bonds. The van der Waals surface area contributed by atoms with Gasteiger partial charge >= 0.3 is 0 Å². The summed E-state index contributed by atoms with van der Waals surface area (Å²) in [4.78, 5) is 13.9. The van der Waals surface area contributed by atoms with Crippen molar-refractivity contribution >= 4 is 12.0 Å². The number of nitrogens with zero attached hydrogens (tertiary/aromatic N) is 1. The fourth-order valence-corrected chi connectivity index (χ4v) is 2.52. The van der Waals surface area contributed by atoms with Crippen LogP contribution in [0.1, 0.15) is 32.3 Å². The zero-order valence-electron chi connectivity index (χ0n) is 14.7. The summed E-state index contributed by atoms with van der Waals surface area (Å²) in [5.41, 5.74) is 0.883. The molecule has 0 atom stereocenters. The Kier molecular flexibility index (Phi) is 6.67. The van der Waals surface area contributed by atoms with Crippen LogP contribution in [0.3, 0.4) is 0 Å². The highest BCUT2D eigenvalue weighted by Crippen LogP contribution is 2.29. The first-order chi connectivity index (χ1) is 11.5. The van der Waals surface area contributed by atoms with Gasteiger partial charge in [-0.2, -0.15) is 0 Å². The van der Waals surface area contributed by atoms with Gasteiger partial charge in [-0.15, -0.1) is 0 Å². The third-order valence-electron chi connectivity index (χ3n) is 3.95. The zero-order valence-corrected chi connectivity index (χ0v) is 14.7. The van der Waals surface area contributed by atoms with Crippen LogP contribution in [0.2, 0.25) is 0 Å². The molecule has 1 N–H and O–H groups in total. The van der Waals surface area contributed by atoms with Crippen molar-refractivity contribution in [2.75, 3.05) is 26.8 Å². The van der Waals surface area contributed by atoms with Crippen molar-refractivity contribution < 1.29 is 19.4 Å². The third kappa shape index (κ3) is 5.27. The minimum absolute atomic E-state index is 0.0269. The Morgan fingerprint density at radius 2 is 2.04 bits per heavy atom. The highest BCUT2D eigenvalue weighted by molar-refractivity contribution is 5.91. The molecular weight excluding hydrogens is 306 g/mol. The molecule has 0 aromatic heterocycles. The van der Waals surface area contributed by atoms with Crippen LogP contribution in [0.15, 0.2) is 24.3 Å². The third-order valence-corrected chi connectivity index (χ3v) is 3.95. The Balaban J connectivity index is 1.99. The largest absolute Gasteiger partial charge is 0.493 e. The number of benzene rings is 1. The van der Waals surface area contributed by atoms with E-state index in [9.17, 15) is 9.90 Å². The minimum atomic E-state index is -0.277. The van der Waals surface area contributed by atoms with Crippen molar-refractivity contribution in [3.05, 3.63) is 29.8 Å². The standard InChI is InChI=1S/C19H27NO4/c1-14(2)13-24-17-6-4-15(12-18(17)23-3)5-7-19(22)20-10-8-16(21)9-11-20/h4-7,12,14,16,21H,8-11,13H2,1-3H3/b7-5+. The number of methoxy groups -OCH3 is 1. The van der Waals surface area contributed by atoms with Crippen LogP contribution in [-0.4, -0.2) is 48.8 Å². The molecule has 1 aliphatic heterocycles. The maximum Gasteiger partial charge on any atom is 0.246 e. The molecule has 0 saturated carbocycles. The van der Waals surface area contributed by atoms with Gasteiger partial charge in [0.05, 0.1) is 19.8 Å². The van der Waals surface area contributed by atoms with Gasteiger partial charge in [-0.3, -0.25) is 4.79 Å². The SMILES string of the molecule is COc1cc(/C=C/C(=O)N2CCC(O)CC2)ccc1OCC(C)C. The number of rotatable bonds is 6. The van der Waals surface area contributed by atoms with E-state index in [1.165, 1.54) is 0 Å². The molecule has 5 nitrogen and oxygen atoms in total. The summed E-state index contributed by atoms with van der Waals surface area (Å²) in [5.74, 6) is 1.78. The Morgan fingerprint density at radius 1 is 1.33 bits per heavy atom. The quantitative estimate of drug-likeness (QED) is 0.813. The Labute approximate surface area is 143 Å². The van der Waals surface area contributed by atoms with E-state index in [4.69, 9.17) is 9.47 Å². The topological polar surface area (TPSA) is 59.0 Å². The van der Waals surface area contributed by atoms with Crippen LogP contribution < -0.4 is 9.47 Å². The number of hydrogen-bond donors (Lipinski definition) is 1. The molecule has 0 spiro atoms. The molecule has 0 bridgehead atoms. The highest BCUT2D eigenvalue weighted by Gasteiger charge is 2.19. The van der Waals surface area contributed by atoms with E-state index in [1.54, 1.807) is 24.2 Å². The molecule has 1 saturated heterocycles. The van der Waals surface area contributed by atoms with Crippen molar-refractivity contribution in [1.82, 2.24) is 4.90 Å². The molecule has 132 valence electrons. The van der Waals surface area contributed by atoms with Crippen LogP contribution in [0, 0.1) is 5.92 Å². The second-order valence-electron chi connectivity index (χ2n) is 6.50. The number of piperidine rings is 1. The van der Waals surface area contributed by atoms with Gasteiger partial charge in [0, 0.05) is 19.2 Å². The van der Waals surface area contributed by atoms with E-state index in [1.807, 2.05) is 18.2 Å². The minimum Gasteiger partial charge on any atom is -0.493 e. The molecular formula is C19H27NO4. The van der Waals surface area contributed by atoms with E-state index in [-0.39, 0.29) is 12.0 Å². The summed E-state index contributed by atoms with van der Waals surface area (Å²) in [6.07, 6.45) is 4.37. The summed E-state index contributed by atoms with van der Waals surface area (Å²) >= 11 is 0. The number of ether oxygens (including phenoxy) is 2. The lowest BCUT2D eigenvalue weighted by Gasteiger charge is -2.28. The molecule has 1 heterocycles. The second kappa shape index (κ2) is 8.73. The summed E-state index contributed by atoms with van der Waals surface area (Å²) in [6, 6.07) is 5.63. The van der Waals surface area contributed by atoms with E-state index >= 15 is 0 Å². The molecule has 0 unspecified atom stereocenters. The van der Waals surface area contributed by atoms with Crippen LogP contribution in [0.25, 0.3) is 6.08 Å². The first-order valence-corrected chi connectivity index (χ1v) is 8.45. The van der Waals surface area contributed by atoms with Crippen LogP contribution in [0.5, 0.6) is 11.5 Å². The molecule has 5 heteroatoms. The fraction of sp³-hybridized carbons (Fsp3) is 0.526. The average Bonchev–Trinajstić information content (AvgIpc) is 2.58. The predicted molar refractivity (Wildman–Crippen MR) is 94.2 cm³/mol. The molecule has 1 fully saturated rings. The first-order valence-electron chi connectivity index (χ1n) is 8.45. The van der Waals surface area contributed by atoms with Crippen LogP contribution >= 0.6 is 0 Å². The lowest BCUT2D eigenvalue weighted by Crippen LogP contribution is -2.39. The van der Waals surface area contributed by atoms with E-state index in [2.05, 4.69) is 13.8 Å². The molecule has 1 aromatic rings. The lowest BCUT2D eigenvalue weighted by molar-refractivity contribution is -0.127. The summed E-state index contributed by atoms with van der Waals surface area (Å²) in [7, 11) is 1.61. The fourth-order valence-electron chi connectivity index (χ4n) is 2.52. The van der Waals surface area contributed by atoms with Gasteiger partial charge in [0.2, 0.25) is 5.91 Å². The number of carbonyl (C=O) groups excluding carboxylic acids is 1. The number of aliphatic hydroxyl groups is 1. The van der Waals surface area contributed by atoms with Crippen LogP contribution in [-0.2, 0) is 4.79 Å². The molecule has 0 radical (unpaired) electrons. The molecule has 1 aliphatic rings. The zero-order chi connectivity index (χ0) is 17.5. The lowest BCUT2D eigenvalue weighted by atomic mass is 10.1. The smallest absolute Gasteiger partial charge is 0.246 e. The molecule has 24 heavy (non-hydrogen) atoms. The van der Waals surface area contributed by atoms with Crippen molar-refractivity contribution in [1.29, 1.82) is 0 Å². The van der Waals surface area contributed by atoms with Gasteiger partial charge in [0.25, 0.3) is 0 Å². The summed E-state index contributed by atoms with van der Waals surface area (Å²) in [6.45, 7) is 6.03. The van der Waals surface area contributed by atoms with Crippen LogP contribution in [0.4, 0.5) is 0 Å². The average molecular weight is 333 g/mol. The van der Waals surface area contributed by atoms with Gasteiger partial charge in [-0.1, -0.05) is 19.9 Å². The molecule has 0 aliphatic carbocycles. The van der Waals surface area contributed by atoms with E-state index < -0.39 is 0 Å². The van der Waals surface area contributed by atoms with Crippen molar-refractivity contribution in [3.63, 3.8) is 0 Å². The number of carbonyl (C=O) groups is 1. The van der Waals surface area contributed by atoms with E-state index in [0.29, 0.717) is 50.0 Å². The number of hydrogen-bond acceptors (Lipinski definition) is 4. The van der Waals surface area contributed by atoms with E-state index in [0.717, 1.165) is 5.56 Å². The maximum atomic E-state index is 12.2. The van der Waals surface area contributed by atoms with Crippen molar-refractivity contribution in [2.24, 2.45) is 5.92 Å². The highest BCUT2D eigenvalue weighted by atomic mass is 16.5. The Morgan fingerprint density at radius 3 is 2.67 bits per heavy atom. The Bertz CT molecular complexity index is 575. The number of aliphatic hydroxyl groups excluding tert-OH is 1. The summed E-state index contributed by atoms with van der Waals surface area (Å²) < 4.78 is 11.1. The maximum absolute atomic E-state index is 12.2. The van der Waals surface area contributed by atoms with Gasteiger partial charge in [0.15, 0.2) is 11.5 Å². The summed E-state index contributed by atoms with van der Waals surface area (Å²) in [5, 5.41) is 9.50. The molecule has 1 aromatic carbocycles. The Hall–Kier alpha value is -2.01. The van der Waals surface area contributed by atoms with Gasteiger partial charge in [0.1, 0.15) is 0 Å². The first kappa shape index (κ1) is 18.3. The normalized spacial score (nSPS) is 16.0. The monoisotopic (exact) mass is 333 g/mol.